The Hall–Kier alpha value is -0.560. The minimum absolute atomic E-state index is 0.0719. The SMILES string of the molecule is [2H]C(=C(C([2H])([2H])[2H])C([2H])([2H])[2H])C([2H])([2H])C([2H])/C(C)=C/CO. The lowest BCUT2D eigenvalue weighted by Crippen LogP contribution is -1.80. The van der Waals surface area contributed by atoms with E-state index in [1.165, 1.54) is 6.92 Å². The van der Waals surface area contributed by atoms with Crippen LogP contribution in [0.2, 0.25) is 0 Å². The van der Waals surface area contributed by atoms with Gasteiger partial charge < -0.3 is 5.11 Å². The summed E-state index contributed by atoms with van der Waals surface area (Å²) in [5.41, 5.74) is -1.21. The number of aliphatic hydroxyl groups is 1. The van der Waals surface area contributed by atoms with E-state index in [-0.39, 0.29) is 5.57 Å². The van der Waals surface area contributed by atoms with Gasteiger partial charge in [-0.05, 0) is 33.4 Å². The van der Waals surface area contributed by atoms with Crippen molar-refractivity contribution in [2.24, 2.45) is 0 Å². The van der Waals surface area contributed by atoms with Crippen molar-refractivity contribution in [3.63, 3.8) is 0 Å². The van der Waals surface area contributed by atoms with Crippen LogP contribution in [0.25, 0.3) is 0 Å². The van der Waals surface area contributed by atoms with Gasteiger partial charge in [0.25, 0.3) is 0 Å². The summed E-state index contributed by atoms with van der Waals surface area (Å²) < 4.78 is 74.1. The van der Waals surface area contributed by atoms with E-state index in [0.29, 0.717) is 0 Å². The van der Waals surface area contributed by atoms with Crippen molar-refractivity contribution in [1.29, 1.82) is 0 Å². The minimum Gasteiger partial charge on any atom is -0.392 e. The van der Waals surface area contributed by atoms with E-state index in [0.717, 1.165) is 6.08 Å². The molecular weight excluding hydrogens is 136 g/mol. The monoisotopic (exact) mass is 164 g/mol. The summed E-state index contributed by atoms with van der Waals surface area (Å²) in [5.74, 6) is 0. The van der Waals surface area contributed by atoms with Gasteiger partial charge in [-0.25, -0.2) is 0 Å². The first kappa shape index (κ1) is 2.46. The lowest BCUT2D eigenvalue weighted by atomic mass is 10.1. The van der Waals surface area contributed by atoms with Gasteiger partial charge in [0, 0.05) is 12.3 Å². The molecule has 0 aliphatic rings. The van der Waals surface area contributed by atoms with Crippen LogP contribution in [0.5, 0.6) is 0 Å². The summed E-state index contributed by atoms with van der Waals surface area (Å²) in [7, 11) is 0. The number of hydrogen-bond donors (Lipinski definition) is 1. The molecule has 0 saturated carbocycles. The Labute approximate surface area is 83.5 Å². The van der Waals surface area contributed by atoms with Crippen molar-refractivity contribution in [3.8, 4) is 0 Å². The van der Waals surface area contributed by atoms with Crippen LogP contribution in [0.4, 0.5) is 0 Å². The van der Waals surface area contributed by atoms with Crippen molar-refractivity contribution >= 4 is 0 Å². The number of allylic oxidation sites excluding steroid dienone is 3. The average Bonchev–Trinajstić information content (AvgIpc) is 2.24. The van der Waals surface area contributed by atoms with Crippen LogP contribution in [0, 0.1) is 0 Å². The summed E-state index contributed by atoms with van der Waals surface area (Å²) in [5, 5.41) is 8.74. The Kier molecular flexibility index (Phi) is 1.38. The fraction of sp³-hybridized carbons (Fsp3) is 0.600. The van der Waals surface area contributed by atoms with E-state index in [1.807, 2.05) is 0 Å². The Morgan fingerprint density at radius 1 is 1.73 bits per heavy atom. The fourth-order valence-corrected chi connectivity index (χ4v) is 0.425. The van der Waals surface area contributed by atoms with Crippen molar-refractivity contribution in [3.05, 3.63) is 23.3 Å². The third-order valence-electron chi connectivity index (χ3n) is 0.910. The second kappa shape index (κ2) is 6.17. The van der Waals surface area contributed by atoms with Crippen molar-refractivity contribution < 1.29 is 18.8 Å². The van der Waals surface area contributed by atoms with Crippen LogP contribution in [0.3, 0.4) is 0 Å². The zero-order chi connectivity index (χ0) is 17.2. The molecule has 1 heteroatoms. The number of aliphatic hydroxyl groups excluding tert-OH is 1. The molecule has 0 aromatic carbocycles. The molecule has 0 rings (SSSR count). The lowest BCUT2D eigenvalue weighted by molar-refractivity contribution is 0.341. The zero-order valence-electron chi connectivity index (χ0n) is 16.3. The highest BCUT2D eigenvalue weighted by molar-refractivity contribution is 5.01. The van der Waals surface area contributed by atoms with Crippen molar-refractivity contribution in [2.75, 3.05) is 6.61 Å². The molecule has 1 unspecified atom stereocenters. The van der Waals surface area contributed by atoms with Gasteiger partial charge in [-0.2, -0.15) is 0 Å². The van der Waals surface area contributed by atoms with Gasteiger partial charge in [0.15, 0.2) is 0 Å². The molecule has 0 bridgehead atoms. The predicted molar refractivity (Wildman–Crippen MR) is 49.5 cm³/mol. The molecule has 0 aromatic heterocycles. The Bertz CT molecular complexity index is 412. The quantitative estimate of drug-likeness (QED) is 0.633. The molecule has 0 aliphatic carbocycles. The van der Waals surface area contributed by atoms with Crippen LogP contribution < -0.4 is 0 Å². The molecule has 0 aliphatic heterocycles. The van der Waals surface area contributed by atoms with Gasteiger partial charge in [-0.1, -0.05) is 23.3 Å². The van der Waals surface area contributed by atoms with Gasteiger partial charge in [0.1, 0.15) is 0 Å². The van der Waals surface area contributed by atoms with E-state index in [2.05, 4.69) is 0 Å². The van der Waals surface area contributed by atoms with Crippen molar-refractivity contribution in [2.45, 2.75) is 33.4 Å². The highest BCUT2D eigenvalue weighted by Crippen LogP contribution is 2.05. The zero-order valence-corrected chi connectivity index (χ0v) is 6.31. The maximum absolute atomic E-state index is 8.74. The topological polar surface area (TPSA) is 20.2 Å². The maximum Gasteiger partial charge on any atom is 0.0614 e. The standard InChI is InChI=1S/C10H18O/c1-9(2)5-4-6-10(3)7-8-11/h5,7,11H,4,6,8H2,1-3H3/b10-7+/i1D3,2D3,4D2,5D,6D. The van der Waals surface area contributed by atoms with E-state index < -0.39 is 44.7 Å². The van der Waals surface area contributed by atoms with Gasteiger partial charge in [-0.3, -0.25) is 0 Å². The highest BCUT2D eigenvalue weighted by Gasteiger charge is 1.86. The molecule has 64 valence electrons. The lowest BCUT2D eigenvalue weighted by Gasteiger charge is -1.96. The molecular formula is C10H18O. The largest absolute Gasteiger partial charge is 0.392 e. The summed E-state index contributed by atoms with van der Waals surface area (Å²) >= 11 is 0. The van der Waals surface area contributed by atoms with Crippen LogP contribution in [0.1, 0.15) is 47.1 Å². The van der Waals surface area contributed by atoms with E-state index in [1.54, 1.807) is 0 Å². The molecule has 1 atom stereocenters. The first-order valence-electron chi connectivity index (χ1n) is 8.17. The third-order valence-corrected chi connectivity index (χ3v) is 0.910. The van der Waals surface area contributed by atoms with Gasteiger partial charge >= 0.3 is 0 Å². The van der Waals surface area contributed by atoms with Crippen LogP contribution in [-0.4, -0.2) is 11.7 Å². The summed E-state index contributed by atoms with van der Waals surface area (Å²) in [4.78, 5) is 0. The molecule has 0 amide bonds. The number of hydrogen-bond acceptors (Lipinski definition) is 1. The van der Waals surface area contributed by atoms with E-state index >= 15 is 0 Å². The van der Waals surface area contributed by atoms with Gasteiger partial charge in [-0.15, -0.1) is 0 Å². The average molecular weight is 164 g/mol. The molecule has 0 aromatic rings. The molecule has 11 heavy (non-hydrogen) atoms. The van der Waals surface area contributed by atoms with Crippen LogP contribution in [-0.2, 0) is 0 Å². The van der Waals surface area contributed by atoms with Crippen LogP contribution >= 0.6 is 0 Å². The molecule has 0 radical (unpaired) electrons. The smallest absolute Gasteiger partial charge is 0.0614 e. The first-order chi connectivity index (χ1) is 9.17. The summed E-state index contributed by atoms with van der Waals surface area (Å²) in [6, 6.07) is -1.24. The molecule has 1 nitrogen and oxygen atoms in total. The highest BCUT2D eigenvalue weighted by atomic mass is 16.2. The maximum atomic E-state index is 8.74. The molecule has 0 spiro atoms. The van der Waals surface area contributed by atoms with Crippen LogP contribution in [0.15, 0.2) is 23.3 Å². The molecule has 0 fully saturated rings. The predicted octanol–water partition coefficient (Wildman–Crippen LogP) is 2.67. The van der Waals surface area contributed by atoms with Gasteiger partial charge in [0.05, 0.1) is 7.98 Å². The molecule has 0 heterocycles. The summed E-state index contributed by atoms with van der Waals surface area (Å²) in [6.45, 7) is -5.43. The second-order valence-corrected chi connectivity index (χ2v) is 1.92. The minimum atomic E-state index is -3.16. The third kappa shape index (κ3) is 7.34. The van der Waals surface area contributed by atoms with Crippen molar-refractivity contribution in [1.82, 2.24) is 0 Å². The summed E-state index contributed by atoms with van der Waals surface area (Å²) in [6.07, 6.45) is -3.36. The van der Waals surface area contributed by atoms with E-state index in [4.69, 9.17) is 18.8 Å². The first-order valence-corrected chi connectivity index (χ1v) is 3.09. The Balaban J connectivity index is 6.08. The molecule has 0 saturated heterocycles. The normalized spacial score (nSPS) is 31.3. The Morgan fingerprint density at radius 3 is 3.00 bits per heavy atom. The Morgan fingerprint density at radius 2 is 2.45 bits per heavy atom. The van der Waals surface area contributed by atoms with Gasteiger partial charge in [0.2, 0.25) is 0 Å². The molecule has 1 N–H and O–H groups in total. The second-order valence-electron chi connectivity index (χ2n) is 1.92. The number of rotatable bonds is 4. The van der Waals surface area contributed by atoms with E-state index in [9.17, 15) is 0 Å². The fourth-order valence-electron chi connectivity index (χ4n) is 0.425.